The smallest absolute Gasteiger partial charge is 0.253 e. The van der Waals surface area contributed by atoms with Crippen LogP contribution in [0.3, 0.4) is 0 Å². The second-order valence-corrected chi connectivity index (χ2v) is 4.77. The Bertz CT molecular complexity index is 450. The molecule has 1 aliphatic rings. The molecule has 0 amide bonds. The average Bonchev–Trinajstić information content (AvgIpc) is 2.79. The summed E-state index contributed by atoms with van der Waals surface area (Å²) in [5.74, 6) is 0.777. The molecule has 0 radical (unpaired) electrons. The SMILES string of the molecule is Cc1cc(=O)n(CCNCC2CCCO2)c(C)n1. The van der Waals surface area contributed by atoms with Gasteiger partial charge in [-0.25, -0.2) is 4.98 Å². The van der Waals surface area contributed by atoms with Gasteiger partial charge in [-0.1, -0.05) is 0 Å². The third-order valence-corrected chi connectivity index (χ3v) is 3.24. The Labute approximate surface area is 107 Å². The fourth-order valence-corrected chi connectivity index (χ4v) is 2.30. The van der Waals surface area contributed by atoms with E-state index in [1.807, 2.05) is 13.8 Å². The summed E-state index contributed by atoms with van der Waals surface area (Å²) in [5.41, 5.74) is 0.806. The fraction of sp³-hybridized carbons (Fsp3) is 0.692. The van der Waals surface area contributed by atoms with Crippen molar-refractivity contribution in [2.45, 2.75) is 39.3 Å². The van der Waals surface area contributed by atoms with Crippen LogP contribution in [0.5, 0.6) is 0 Å². The van der Waals surface area contributed by atoms with Crippen LogP contribution >= 0.6 is 0 Å². The van der Waals surface area contributed by atoms with E-state index in [1.165, 1.54) is 0 Å². The van der Waals surface area contributed by atoms with Gasteiger partial charge in [-0.15, -0.1) is 0 Å². The Morgan fingerprint density at radius 1 is 1.56 bits per heavy atom. The van der Waals surface area contributed by atoms with Gasteiger partial charge in [-0.05, 0) is 26.7 Å². The molecule has 1 aliphatic heterocycles. The molecule has 18 heavy (non-hydrogen) atoms. The molecule has 1 atom stereocenters. The van der Waals surface area contributed by atoms with Gasteiger partial charge in [-0.3, -0.25) is 9.36 Å². The second-order valence-electron chi connectivity index (χ2n) is 4.77. The first-order chi connectivity index (χ1) is 8.66. The molecule has 1 saturated heterocycles. The Hall–Kier alpha value is -1.20. The van der Waals surface area contributed by atoms with Crippen molar-refractivity contribution in [3.05, 3.63) is 27.9 Å². The third kappa shape index (κ3) is 3.40. The van der Waals surface area contributed by atoms with Crippen molar-refractivity contribution >= 4 is 0 Å². The van der Waals surface area contributed by atoms with E-state index >= 15 is 0 Å². The molecule has 5 heteroatoms. The monoisotopic (exact) mass is 251 g/mol. The molecule has 2 heterocycles. The molecule has 5 nitrogen and oxygen atoms in total. The number of ether oxygens (including phenoxy) is 1. The molecule has 1 unspecified atom stereocenters. The minimum Gasteiger partial charge on any atom is -0.377 e. The zero-order chi connectivity index (χ0) is 13.0. The number of aromatic nitrogens is 2. The van der Waals surface area contributed by atoms with Gasteiger partial charge in [0.15, 0.2) is 0 Å². The van der Waals surface area contributed by atoms with Crippen molar-refractivity contribution in [2.24, 2.45) is 0 Å². The molecule has 2 rings (SSSR count). The number of nitrogens with one attached hydrogen (secondary N) is 1. The first-order valence-corrected chi connectivity index (χ1v) is 6.54. The van der Waals surface area contributed by atoms with Crippen LogP contribution in [0.4, 0.5) is 0 Å². The zero-order valence-electron chi connectivity index (χ0n) is 11.1. The first-order valence-electron chi connectivity index (χ1n) is 6.54. The van der Waals surface area contributed by atoms with Crippen LogP contribution in [0.2, 0.25) is 0 Å². The lowest BCUT2D eigenvalue weighted by molar-refractivity contribution is 0.110. The Morgan fingerprint density at radius 3 is 3.06 bits per heavy atom. The van der Waals surface area contributed by atoms with Gasteiger partial charge in [0.05, 0.1) is 6.10 Å². The quantitative estimate of drug-likeness (QED) is 0.780. The summed E-state index contributed by atoms with van der Waals surface area (Å²) in [7, 11) is 0. The van der Waals surface area contributed by atoms with E-state index in [9.17, 15) is 4.79 Å². The maximum atomic E-state index is 11.8. The summed E-state index contributed by atoms with van der Waals surface area (Å²) in [4.78, 5) is 16.1. The highest BCUT2D eigenvalue weighted by Gasteiger charge is 2.14. The Balaban J connectivity index is 1.81. The van der Waals surface area contributed by atoms with Crippen LogP contribution in [0.1, 0.15) is 24.4 Å². The molecule has 1 fully saturated rings. The summed E-state index contributed by atoms with van der Waals surface area (Å²) in [6.45, 7) is 6.89. The number of aryl methyl sites for hydroxylation is 2. The predicted molar refractivity (Wildman–Crippen MR) is 69.8 cm³/mol. The molecule has 1 N–H and O–H groups in total. The summed E-state index contributed by atoms with van der Waals surface area (Å²) in [5, 5.41) is 3.33. The highest BCUT2D eigenvalue weighted by atomic mass is 16.5. The van der Waals surface area contributed by atoms with Crippen molar-refractivity contribution in [3.8, 4) is 0 Å². The van der Waals surface area contributed by atoms with Gasteiger partial charge in [0, 0.05) is 38.0 Å². The van der Waals surface area contributed by atoms with E-state index in [0.717, 1.165) is 44.1 Å². The fourth-order valence-electron chi connectivity index (χ4n) is 2.30. The van der Waals surface area contributed by atoms with Crippen molar-refractivity contribution in [1.82, 2.24) is 14.9 Å². The maximum Gasteiger partial charge on any atom is 0.253 e. The van der Waals surface area contributed by atoms with Crippen molar-refractivity contribution in [3.63, 3.8) is 0 Å². The highest BCUT2D eigenvalue weighted by Crippen LogP contribution is 2.10. The van der Waals surface area contributed by atoms with Crippen LogP contribution in [0.15, 0.2) is 10.9 Å². The lowest BCUT2D eigenvalue weighted by Crippen LogP contribution is -2.32. The van der Waals surface area contributed by atoms with Crippen molar-refractivity contribution in [2.75, 3.05) is 19.7 Å². The standard InChI is InChI=1S/C13H21N3O2/c1-10-8-13(17)16(11(2)15-10)6-5-14-9-12-4-3-7-18-12/h8,12,14H,3-7,9H2,1-2H3. The summed E-state index contributed by atoms with van der Waals surface area (Å²) in [6.07, 6.45) is 2.64. The van der Waals surface area contributed by atoms with Crippen LogP contribution in [0.25, 0.3) is 0 Å². The largest absolute Gasteiger partial charge is 0.377 e. The topological polar surface area (TPSA) is 56.2 Å². The van der Waals surface area contributed by atoms with Gasteiger partial charge < -0.3 is 10.1 Å². The van der Waals surface area contributed by atoms with Crippen molar-refractivity contribution < 1.29 is 4.74 Å². The molecule has 0 spiro atoms. The zero-order valence-corrected chi connectivity index (χ0v) is 11.1. The molecule has 100 valence electrons. The second kappa shape index (κ2) is 6.11. The molecule has 0 bridgehead atoms. The van der Waals surface area contributed by atoms with E-state index < -0.39 is 0 Å². The van der Waals surface area contributed by atoms with Gasteiger partial charge in [0.1, 0.15) is 5.82 Å². The lowest BCUT2D eigenvalue weighted by Gasteiger charge is -2.12. The van der Waals surface area contributed by atoms with E-state index in [4.69, 9.17) is 4.74 Å². The van der Waals surface area contributed by atoms with Crippen LogP contribution in [0, 0.1) is 13.8 Å². The number of hydrogen-bond donors (Lipinski definition) is 1. The first kappa shape index (κ1) is 13.2. The lowest BCUT2D eigenvalue weighted by atomic mass is 10.2. The summed E-state index contributed by atoms with van der Waals surface area (Å²) < 4.78 is 7.23. The number of hydrogen-bond acceptors (Lipinski definition) is 4. The Kier molecular flexibility index (Phi) is 4.49. The van der Waals surface area contributed by atoms with E-state index in [0.29, 0.717) is 12.6 Å². The van der Waals surface area contributed by atoms with Gasteiger partial charge >= 0.3 is 0 Å². The third-order valence-electron chi connectivity index (χ3n) is 3.24. The highest BCUT2D eigenvalue weighted by molar-refractivity contribution is 5.01. The minimum atomic E-state index is 0.0268. The van der Waals surface area contributed by atoms with E-state index in [-0.39, 0.29) is 5.56 Å². The van der Waals surface area contributed by atoms with E-state index in [2.05, 4.69) is 10.3 Å². The van der Waals surface area contributed by atoms with Crippen LogP contribution < -0.4 is 10.9 Å². The van der Waals surface area contributed by atoms with Crippen molar-refractivity contribution in [1.29, 1.82) is 0 Å². The normalized spacial score (nSPS) is 19.3. The van der Waals surface area contributed by atoms with Gasteiger partial charge in [-0.2, -0.15) is 0 Å². The molecular formula is C13H21N3O2. The predicted octanol–water partition coefficient (Wildman–Crippen LogP) is 0.629. The maximum absolute atomic E-state index is 11.8. The molecule has 1 aromatic heterocycles. The molecular weight excluding hydrogens is 230 g/mol. The molecule has 1 aromatic rings. The van der Waals surface area contributed by atoms with Gasteiger partial charge in [0.25, 0.3) is 5.56 Å². The summed E-state index contributed by atoms with van der Waals surface area (Å²) in [6, 6.07) is 1.58. The van der Waals surface area contributed by atoms with E-state index in [1.54, 1.807) is 10.6 Å². The molecule has 0 aliphatic carbocycles. The number of nitrogens with zero attached hydrogens (tertiary/aromatic N) is 2. The Morgan fingerprint density at radius 2 is 2.39 bits per heavy atom. The molecule has 0 aromatic carbocycles. The molecule has 0 saturated carbocycles. The minimum absolute atomic E-state index is 0.0268. The average molecular weight is 251 g/mol. The van der Waals surface area contributed by atoms with Gasteiger partial charge in [0.2, 0.25) is 0 Å². The van der Waals surface area contributed by atoms with Crippen LogP contribution in [-0.4, -0.2) is 35.4 Å². The summed E-state index contributed by atoms with van der Waals surface area (Å²) >= 11 is 0. The number of rotatable bonds is 5. The van der Waals surface area contributed by atoms with Crippen LogP contribution in [-0.2, 0) is 11.3 Å².